The molecular formula is C17H23N5O4. The molecule has 1 atom stereocenters. The summed E-state index contributed by atoms with van der Waals surface area (Å²) in [5, 5.41) is 9.24. The van der Waals surface area contributed by atoms with E-state index < -0.39 is 12.1 Å². The number of nitrogens with zero attached hydrogens (tertiary/aromatic N) is 5. The number of rotatable bonds is 2. The molecule has 1 aromatic heterocycles. The Morgan fingerprint density at radius 3 is 2.58 bits per heavy atom. The zero-order chi connectivity index (χ0) is 18.4. The van der Waals surface area contributed by atoms with Gasteiger partial charge in [-0.2, -0.15) is 0 Å². The first-order chi connectivity index (χ1) is 12.5. The summed E-state index contributed by atoms with van der Waals surface area (Å²) < 4.78 is 1.65. The van der Waals surface area contributed by atoms with Crippen LogP contribution in [-0.2, 0) is 11.3 Å². The van der Waals surface area contributed by atoms with E-state index in [4.69, 9.17) is 0 Å². The molecule has 4 heterocycles. The van der Waals surface area contributed by atoms with Gasteiger partial charge in [0.05, 0.1) is 18.4 Å². The first kappa shape index (κ1) is 16.9. The number of carbonyl (C=O) groups is 3. The highest BCUT2D eigenvalue weighted by molar-refractivity contribution is 5.86. The van der Waals surface area contributed by atoms with Crippen molar-refractivity contribution in [2.75, 3.05) is 19.6 Å². The molecule has 2 fully saturated rings. The summed E-state index contributed by atoms with van der Waals surface area (Å²) in [7, 11) is 0. The molecule has 0 aromatic carbocycles. The minimum absolute atomic E-state index is 0.0346. The Hall–Kier alpha value is -2.58. The molecule has 0 saturated carbocycles. The molecule has 2 saturated heterocycles. The third-order valence-corrected chi connectivity index (χ3v) is 5.78. The minimum Gasteiger partial charge on any atom is -0.465 e. The van der Waals surface area contributed by atoms with Crippen LogP contribution in [0.4, 0.5) is 9.59 Å². The highest BCUT2D eigenvalue weighted by Crippen LogP contribution is 2.27. The second-order valence-corrected chi connectivity index (χ2v) is 7.23. The molecule has 0 radical (unpaired) electrons. The zero-order valence-electron chi connectivity index (χ0n) is 14.8. The highest BCUT2D eigenvalue weighted by atomic mass is 16.4. The van der Waals surface area contributed by atoms with Crippen LogP contribution in [0.1, 0.15) is 37.2 Å². The lowest BCUT2D eigenvalue weighted by molar-refractivity contribution is -0.136. The summed E-state index contributed by atoms with van der Waals surface area (Å²) in [6, 6.07) is -0.482. The smallest absolute Gasteiger partial charge is 0.407 e. The van der Waals surface area contributed by atoms with Crippen molar-refractivity contribution in [3.63, 3.8) is 0 Å². The third-order valence-electron chi connectivity index (χ3n) is 5.78. The van der Waals surface area contributed by atoms with Crippen molar-refractivity contribution in [1.82, 2.24) is 24.3 Å². The van der Waals surface area contributed by atoms with Crippen LogP contribution in [0.2, 0.25) is 0 Å². The Morgan fingerprint density at radius 2 is 1.92 bits per heavy atom. The molecule has 26 heavy (non-hydrogen) atoms. The van der Waals surface area contributed by atoms with E-state index in [2.05, 4.69) is 4.98 Å². The maximum atomic E-state index is 12.7. The molecule has 0 spiro atoms. The predicted octanol–water partition coefficient (Wildman–Crippen LogP) is 1.11. The van der Waals surface area contributed by atoms with Crippen molar-refractivity contribution in [3.05, 3.63) is 17.7 Å². The van der Waals surface area contributed by atoms with Gasteiger partial charge in [-0.15, -0.1) is 0 Å². The SMILES string of the molecule is Cc1ncc2n1C(=O)N(C1CCN(C(=O)[C@H]3CCCN3C(=O)O)CC1)C2. The van der Waals surface area contributed by atoms with E-state index in [0.717, 1.165) is 12.1 Å². The summed E-state index contributed by atoms with van der Waals surface area (Å²) in [4.78, 5) is 45.7. The van der Waals surface area contributed by atoms with Crippen LogP contribution < -0.4 is 0 Å². The Labute approximate surface area is 151 Å². The lowest BCUT2D eigenvalue weighted by Crippen LogP contribution is -2.52. The van der Waals surface area contributed by atoms with Gasteiger partial charge in [-0.25, -0.2) is 14.6 Å². The Balaban J connectivity index is 1.37. The number of likely N-dealkylation sites (tertiary alicyclic amines) is 2. The second-order valence-electron chi connectivity index (χ2n) is 7.23. The van der Waals surface area contributed by atoms with E-state index in [9.17, 15) is 19.5 Å². The van der Waals surface area contributed by atoms with Crippen molar-refractivity contribution in [2.45, 2.75) is 51.2 Å². The number of carbonyl (C=O) groups excluding carboxylic acids is 2. The van der Waals surface area contributed by atoms with E-state index in [-0.39, 0.29) is 18.0 Å². The fourth-order valence-electron chi connectivity index (χ4n) is 4.38. The number of amides is 3. The van der Waals surface area contributed by atoms with E-state index >= 15 is 0 Å². The summed E-state index contributed by atoms with van der Waals surface area (Å²) in [6.45, 7) is 3.93. The van der Waals surface area contributed by atoms with Crippen molar-refractivity contribution >= 4 is 18.0 Å². The average molecular weight is 361 g/mol. The fourth-order valence-corrected chi connectivity index (χ4v) is 4.38. The normalized spacial score (nSPS) is 23.7. The molecule has 3 aliphatic rings. The summed E-state index contributed by atoms with van der Waals surface area (Å²) in [6.07, 6.45) is 3.48. The van der Waals surface area contributed by atoms with Crippen molar-refractivity contribution in [2.24, 2.45) is 0 Å². The van der Waals surface area contributed by atoms with Crippen molar-refractivity contribution in [3.8, 4) is 0 Å². The average Bonchev–Trinajstić information content (AvgIpc) is 3.32. The van der Waals surface area contributed by atoms with Gasteiger partial charge in [-0.3, -0.25) is 14.3 Å². The Kier molecular flexibility index (Phi) is 4.08. The van der Waals surface area contributed by atoms with Gasteiger partial charge < -0.3 is 14.9 Å². The number of carboxylic acid groups (broad SMARTS) is 1. The first-order valence-electron chi connectivity index (χ1n) is 9.10. The number of imidazole rings is 1. The molecule has 3 amide bonds. The van der Waals surface area contributed by atoms with Crippen molar-refractivity contribution in [1.29, 1.82) is 0 Å². The molecule has 0 unspecified atom stereocenters. The van der Waals surface area contributed by atoms with Crippen LogP contribution in [0.15, 0.2) is 6.20 Å². The molecule has 1 aromatic rings. The lowest BCUT2D eigenvalue weighted by atomic mass is 10.0. The van der Waals surface area contributed by atoms with Crippen molar-refractivity contribution < 1.29 is 19.5 Å². The first-order valence-corrected chi connectivity index (χ1v) is 9.10. The maximum Gasteiger partial charge on any atom is 0.407 e. The second kappa shape index (κ2) is 6.30. The number of aromatic nitrogens is 2. The van der Waals surface area contributed by atoms with Crippen LogP contribution in [0.25, 0.3) is 0 Å². The summed E-state index contributed by atoms with van der Waals surface area (Å²) in [5.74, 6) is 0.609. The third kappa shape index (κ3) is 2.62. The van der Waals surface area contributed by atoms with E-state index in [1.807, 2.05) is 11.8 Å². The van der Waals surface area contributed by atoms with Gasteiger partial charge >= 0.3 is 12.1 Å². The van der Waals surface area contributed by atoms with Gasteiger partial charge in [-0.05, 0) is 32.6 Å². The molecule has 140 valence electrons. The molecule has 9 nitrogen and oxygen atoms in total. The van der Waals surface area contributed by atoms with E-state index in [1.54, 1.807) is 15.7 Å². The van der Waals surface area contributed by atoms with E-state index in [0.29, 0.717) is 51.3 Å². The number of fused-ring (bicyclic) bond motifs is 1. The van der Waals surface area contributed by atoms with Gasteiger partial charge in [0.15, 0.2) is 0 Å². The molecule has 0 bridgehead atoms. The van der Waals surface area contributed by atoms with Crippen LogP contribution in [0, 0.1) is 6.92 Å². The molecule has 1 N–H and O–H groups in total. The van der Waals surface area contributed by atoms with Gasteiger partial charge in [0.2, 0.25) is 5.91 Å². The topological polar surface area (TPSA) is 99.0 Å². The largest absolute Gasteiger partial charge is 0.465 e. The Morgan fingerprint density at radius 1 is 1.19 bits per heavy atom. The van der Waals surface area contributed by atoms with Crippen LogP contribution in [-0.4, -0.2) is 79.1 Å². The molecule has 0 aliphatic carbocycles. The Bertz CT molecular complexity index is 752. The fraction of sp³-hybridized carbons (Fsp3) is 0.647. The number of piperidine rings is 1. The maximum absolute atomic E-state index is 12.7. The number of hydrogen-bond donors (Lipinski definition) is 1. The quantitative estimate of drug-likeness (QED) is 0.851. The van der Waals surface area contributed by atoms with Crippen LogP contribution >= 0.6 is 0 Å². The van der Waals surface area contributed by atoms with E-state index in [1.165, 1.54) is 4.90 Å². The predicted molar refractivity (Wildman–Crippen MR) is 90.7 cm³/mol. The molecule has 9 heteroatoms. The highest BCUT2D eigenvalue weighted by Gasteiger charge is 2.40. The lowest BCUT2D eigenvalue weighted by Gasteiger charge is -2.38. The van der Waals surface area contributed by atoms with Gasteiger partial charge in [-0.1, -0.05) is 0 Å². The molecule has 4 rings (SSSR count). The van der Waals surface area contributed by atoms with Crippen LogP contribution in [0.5, 0.6) is 0 Å². The number of aryl methyl sites for hydroxylation is 1. The molecule has 3 aliphatic heterocycles. The summed E-state index contributed by atoms with van der Waals surface area (Å²) in [5.41, 5.74) is 0.911. The standard InChI is InChI=1S/C17H23N5O4/c1-11-18-9-13-10-21(16(24)22(11)13)12-4-7-19(8-5-12)15(23)14-3-2-6-20(14)17(25)26/h9,12,14H,2-8,10H2,1H3,(H,25,26)/t14-/m1/s1. The molecular weight excluding hydrogens is 338 g/mol. The van der Waals surface area contributed by atoms with Crippen LogP contribution in [0.3, 0.4) is 0 Å². The zero-order valence-corrected chi connectivity index (χ0v) is 14.8. The summed E-state index contributed by atoms with van der Waals surface area (Å²) >= 11 is 0. The number of hydrogen-bond acceptors (Lipinski definition) is 4. The minimum atomic E-state index is -1.02. The monoisotopic (exact) mass is 361 g/mol. The van der Waals surface area contributed by atoms with Gasteiger partial charge in [0.1, 0.15) is 11.9 Å². The van der Waals surface area contributed by atoms with Gasteiger partial charge in [0, 0.05) is 25.7 Å². The van der Waals surface area contributed by atoms with Gasteiger partial charge in [0.25, 0.3) is 0 Å².